The first-order valence-electron chi connectivity index (χ1n) is 7.69. The van der Waals surface area contributed by atoms with Gasteiger partial charge < -0.3 is 9.84 Å². The van der Waals surface area contributed by atoms with Crippen molar-refractivity contribution in [1.82, 2.24) is 5.43 Å². The Bertz CT molecular complexity index is 782. The van der Waals surface area contributed by atoms with Crippen molar-refractivity contribution >= 4 is 12.1 Å². The number of carbonyl (C=O) groups excluding carboxylic acids is 1. The van der Waals surface area contributed by atoms with Crippen LogP contribution in [-0.2, 0) is 4.79 Å². The van der Waals surface area contributed by atoms with E-state index in [1.807, 2.05) is 45.9 Å². The lowest BCUT2D eigenvalue weighted by molar-refractivity contribution is -0.123. The Hall–Kier alpha value is -2.82. The minimum atomic E-state index is -0.363. The zero-order valence-electron chi connectivity index (χ0n) is 14.4. The molecule has 0 saturated carbocycles. The molecule has 5 heteroatoms. The topological polar surface area (TPSA) is 70.9 Å². The van der Waals surface area contributed by atoms with Crippen LogP contribution in [0, 0.1) is 27.7 Å². The first kappa shape index (κ1) is 17.5. The van der Waals surface area contributed by atoms with Crippen LogP contribution in [0.1, 0.15) is 27.8 Å². The normalized spacial score (nSPS) is 10.8. The summed E-state index contributed by atoms with van der Waals surface area (Å²) in [5, 5.41) is 13.6. The Morgan fingerprint density at radius 3 is 2.58 bits per heavy atom. The summed E-state index contributed by atoms with van der Waals surface area (Å²) in [7, 11) is 0. The van der Waals surface area contributed by atoms with Crippen molar-refractivity contribution in [2.24, 2.45) is 5.10 Å². The van der Waals surface area contributed by atoms with Gasteiger partial charge in [0.15, 0.2) is 6.61 Å². The number of carbonyl (C=O) groups is 1. The number of aryl methyl sites for hydroxylation is 3. The van der Waals surface area contributed by atoms with Crippen LogP contribution in [0.2, 0.25) is 0 Å². The van der Waals surface area contributed by atoms with Gasteiger partial charge >= 0.3 is 0 Å². The van der Waals surface area contributed by atoms with E-state index in [1.165, 1.54) is 6.21 Å². The van der Waals surface area contributed by atoms with Crippen LogP contribution < -0.4 is 10.2 Å². The summed E-state index contributed by atoms with van der Waals surface area (Å²) in [6.07, 6.45) is 1.40. The zero-order chi connectivity index (χ0) is 17.7. The van der Waals surface area contributed by atoms with Crippen LogP contribution in [0.5, 0.6) is 11.5 Å². The number of phenolic OH excluding ortho intramolecular Hbond substituents is 1. The number of rotatable bonds is 5. The Morgan fingerprint density at radius 1 is 1.17 bits per heavy atom. The fourth-order valence-electron chi connectivity index (χ4n) is 2.25. The quantitative estimate of drug-likeness (QED) is 0.655. The predicted molar refractivity (Wildman–Crippen MR) is 94.7 cm³/mol. The van der Waals surface area contributed by atoms with Crippen molar-refractivity contribution in [3.05, 3.63) is 58.1 Å². The van der Waals surface area contributed by atoms with Gasteiger partial charge in [-0.3, -0.25) is 4.79 Å². The molecule has 0 saturated heterocycles. The average molecular weight is 326 g/mol. The van der Waals surface area contributed by atoms with Gasteiger partial charge in [0, 0.05) is 5.56 Å². The molecule has 0 aliphatic rings. The molecule has 126 valence electrons. The lowest BCUT2D eigenvalue weighted by Crippen LogP contribution is -2.25. The first-order chi connectivity index (χ1) is 11.4. The second-order valence-corrected chi connectivity index (χ2v) is 5.80. The van der Waals surface area contributed by atoms with Crippen LogP contribution in [0.3, 0.4) is 0 Å². The smallest absolute Gasteiger partial charge is 0.277 e. The highest BCUT2D eigenvalue weighted by molar-refractivity contribution is 5.85. The van der Waals surface area contributed by atoms with E-state index in [-0.39, 0.29) is 18.3 Å². The number of nitrogens with zero attached hydrogens (tertiary/aromatic N) is 1. The maximum atomic E-state index is 11.8. The van der Waals surface area contributed by atoms with Crippen LogP contribution in [0.25, 0.3) is 0 Å². The standard InChI is InChI=1S/C19H22N2O3/c1-12-5-8-16(17(22)9-12)10-20-21-18(23)11-24-19-14(3)7-6-13(2)15(19)4/h5-10,22H,11H2,1-4H3,(H,21,23). The summed E-state index contributed by atoms with van der Waals surface area (Å²) >= 11 is 0. The molecular formula is C19H22N2O3. The van der Waals surface area contributed by atoms with Crippen molar-refractivity contribution in [2.45, 2.75) is 27.7 Å². The van der Waals surface area contributed by atoms with E-state index in [0.29, 0.717) is 5.56 Å². The van der Waals surface area contributed by atoms with Gasteiger partial charge in [-0.05, 0) is 62.1 Å². The molecule has 2 aromatic rings. The van der Waals surface area contributed by atoms with Gasteiger partial charge in [0.25, 0.3) is 5.91 Å². The molecule has 0 radical (unpaired) electrons. The molecule has 2 aromatic carbocycles. The molecule has 5 nitrogen and oxygen atoms in total. The average Bonchev–Trinajstić information content (AvgIpc) is 2.53. The number of amides is 1. The van der Waals surface area contributed by atoms with Crippen molar-refractivity contribution in [1.29, 1.82) is 0 Å². The number of aromatic hydroxyl groups is 1. The summed E-state index contributed by atoms with van der Waals surface area (Å²) in [6, 6.07) is 9.21. The van der Waals surface area contributed by atoms with Gasteiger partial charge in [0.2, 0.25) is 0 Å². The number of hydrazone groups is 1. The Balaban J connectivity index is 1.92. The fourth-order valence-corrected chi connectivity index (χ4v) is 2.25. The minimum Gasteiger partial charge on any atom is -0.507 e. The van der Waals surface area contributed by atoms with E-state index >= 15 is 0 Å². The summed E-state index contributed by atoms with van der Waals surface area (Å²) in [4.78, 5) is 11.8. The molecule has 0 fully saturated rings. The summed E-state index contributed by atoms with van der Waals surface area (Å²) in [5.74, 6) is 0.485. The SMILES string of the molecule is Cc1ccc(C=NNC(=O)COc2c(C)ccc(C)c2C)c(O)c1. The van der Waals surface area contributed by atoms with Crippen LogP contribution in [-0.4, -0.2) is 23.8 Å². The Morgan fingerprint density at radius 2 is 1.88 bits per heavy atom. The van der Waals surface area contributed by atoms with Crippen molar-refractivity contribution < 1.29 is 14.6 Å². The summed E-state index contributed by atoms with van der Waals surface area (Å²) in [5.41, 5.74) is 7.00. The molecule has 0 aromatic heterocycles. The highest BCUT2D eigenvalue weighted by atomic mass is 16.5. The minimum absolute atomic E-state index is 0.121. The molecule has 24 heavy (non-hydrogen) atoms. The first-order valence-corrected chi connectivity index (χ1v) is 7.69. The zero-order valence-corrected chi connectivity index (χ0v) is 14.4. The van der Waals surface area contributed by atoms with Gasteiger partial charge in [-0.1, -0.05) is 18.2 Å². The third-order valence-electron chi connectivity index (χ3n) is 3.80. The van der Waals surface area contributed by atoms with Gasteiger partial charge in [-0.15, -0.1) is 0 Å². The maximum absolute atomic E-state index is 11.8. The Kier molecular flexibility index (Phi) is 5.58. The second-order valence-electron chi connectivity index (χ2n) is 5.80. The predicted octanol–water partition coefficient (Wildman–Crippen LogP) is 3.15. The highest BCUT2D eigenvalue weighted by Crippen LogP contribution is 2.25. The number of phenols is 1. The number of nitrogens with one attached hydrogen (secondary N) is 1. The van der Waals surface area contributed by atoms with E-state index in [4.69, 9.17) is 4.74 Å². The molecule has 0 atom stereocenters. The molecule has 1 amide bonds. The fraction of sp³-hybridized carbons (Fsp3) is 0.263. The van der Waals surface area contributed by atoms with E-state index in [9.17, 15) is 9.90 Å². The lowest BCUT2D eigenvalue weighted by atomic mass is 10.1. The van der Waals surface area contributed by atoms with Crippen LogP contribution >= 0.6 is 0 Å². The van der Waals surface area contributed by atoms with Gasteiger partial charge in [-0.2, -0.15) is 5.10 Å². The molecule has 2 N–H and O–H groups in total. The van der Waals surface area contributed by atoms with Gasteiger partial charge in [0.1, 0.15) is 11.5 Å². The van der Waals surface area contributed by atoms with E-state index in [2.05, 4.69) is 10.5 Å². The van der Waals surface area contributed by atoms with E-state index < -0.39 is 0 Å². The number of benzene rings is 2. The lowest BCUT2D eigenvalue weighted by Gasteiger charge is -2.13. The van der Waals surface area contributed by atoms with Crippen molar-refractivity contribution in [3.8, 4) is 11.5 Å². The van der Waals surface area contributed by atoms with Crippen molar-refractivity contribution in [3.63, 3.8) is 0 Å². The Labute approximate surface area is 142 Å². The molecule has 2 rings (SSSR count). The van der Waals surface area contributed by atoms with Gasteiger partial charge in [-0.25, -0.2) is 5.43 Å². The third kappa shape index (κ3) is 4.35. The summed E-state index contributed by atoms with van der Waals surface area (Å²) in [6.45, 7) is 7.67. The third-order valence-corrected chi connectivity index (χ3v) is 3.80. The van der Waals surface area contributed by atoms with Crippen molar-refractivity contribution in [2.75, 3.05) is 6.61 Å². The highest BCUT2D eigenvalue weighted by Gasteiger charge is 2.08. The van der Waals surface area contributed by atoms with E-state index in [0.717, 1.165) is 28.0 Å². The second kappa shape index (κ2) is 7.64. The molecular weight excluding hydrogens is 304 g/mol. The van der Waals surface area contributed by atoms with E-state index in [1.54, 1.807) is 12.1 Å². The van der Waals surface area contributed by atoms with Gasteiger partial charge in [0.05, 0.1) is 6.21 Å². The monoisotopic (exact) mass is 326 g/mol. The number of hydrogen-bond acceptors (Lipinski definition) is 4. The number of hydrogen-bond donors (Lipinski definition) is 2. The molecule has 0 heterocycles. The van der Waals surface area contributed by atoms with Crippen LogP contribution in [0.4, 0.5) is 0 Å². The summed E-state index contributed by atoms with van der Waals surface area (Å²) < 4.78 is 5.62. The number of ether oxygens (including phenoxy) is 1. The molecule has 0 bridgehead atoms. The largest absolute Gasteiger partial charge is 0.507 e. The molecule has 0 aliphatic carbocycles. The van der Waals surface area contributed by atoms with Crippen LogP contribution in [0.15, 0.2) is 35.4 Å². The molecule has 0 spiro atoms. The molecule has 0 aliphatic heterocycles. The maximum Gasteiger partial charge on any atom is 0.277 e. The molecule has 0 unspecified atom stereocenters.